The SMILES string of the molecule is CC(C)NC(=O)C1COCCN1c1ccc(Br)cn1. The number of nitrogens with one attached hydrogen (secondary N) is 1. The molecule has 19 heavy (non-hydrogen) atoms. The van der Waals surface area contributed by atoms with Gasteiger partial charge in [-0.3, -0.25) is 4.79 Å². The molecule has 1 amide bonds. The van der Waals surface area contributed by atoms with Gasteiger partial charge in [-0.25, -0.2) is 4.98 Å². The molecular formula is C13H18BrN3O2. The molecule has 0 spiro atoms. The molecule has 0 saturated carbocycles. The van der Waals surface area contributed by atoms with Crippen molar-refractivity contribution in [3.8, 4) is 0 Å². The predicted octanol–water partition coefficient (Wildman–Crippen LogP) is 1.57. The first-order valence-electron chi connectivity index (χ1n) is 6.34. The molecule has 1 atom stereocenters. The van der Waals surface area contributed by atoms with Gasteiger partial charge in [0.1, 0.15) is 11.9 Å². The zero-order chi connectivity index (χ0) is 13.8. The lowest BCUT2D eigenvalue weighted by atomic mass is 10.2. The van der Waals surface area contributed by atoms with E-state index in [0.717, 1.165) is 10.3 Å². The van der Waals surface area contributed by atoms with Crippen LogP contribution in [0.5, 0.6) is 0 Å². The van der Waals surface area contributed by atoms with Gasteiger partial charge in [0.15, 0.2) is 0 Å². The van der Waals surface area contributed by atoms with E-state index in [1.54, 1.807) is 6.20 Å². The maximum absolute atomic E-state index is 12.2. The van der Waals surface area contributed by atoms with Crippen LogP contribution >= 0.6 is 15.9 Å². The van der Waals surface area contributed by atoms with Gasteiger partial charge in [0.05, 0.1) is 13.2 Å². The first-order chi connectivity index (χ1) is 9.08. The van der Waals surface area contributed by atoms with Crippen molar-refractivity contribution in [2.24, 2.45) is 0 Å². The zero-order valence-electron chi connectivity index (χ0n) is 11.1. The number of ether oxygens (including phenoxy) is 1. The van der Waals surface area contributed by atoms with E-state index in [1.165, 1.54) is 0 Å². The first-order valence-corrected chi connectivity index (χ1v) is 7.13. The van der Waals surface area contributed by atoms with Crippen LogP contribution in [-0.4, -0.2) is 42.7 Å². The van der Waals surface area contributed by atoms with Crippen molar-refractivity contribution < 1.29 is 9.53 Å². The summed E-state index contributed by atoms with van der Waals surface area (Å²) in [6, 6.07) is 3.64. The molecule has 6 heteroatoms. The molecule has 1 fully saturated rings. The first kappa shape index (κ1) is 14.3. The molecule has 0 aromatic carbocycles. The number of halogens is 1. The Hall–Kier alpha value is -1.14. The van der Waals surface area contributed by atoms with Crippen LogP contribution in [0.2, 0.25) is 0 Å². The van der Waals surface area contributed by atoms with Crippen LogP contribution in [0.15, 0.2) is 22.8 Å². The second kappa shape index (κ2) is 6.34. The molecule has 0 aliphatic carbocycles. The predicted molar refractivity (Wildman–Crippen MR) is 77.2 cm³/mol. The summed E-state index contributed by atoms with van der Waals surface area (Å²) in [6.45, 7) is 5.58. The Kier molecular flexibility index (Phi) is 4.76. The molecule has 5 nitrogen and oxygen atoms in total. The topological polar surface area (TPSA) is 54.5 Å². The van der Waals surface area contributed by atoms with Crippen LogP contribution in [0.4, 0.5) is 5.82 Å². The van der Waals surface area contributed by atoms with Crippen LogP contribution in [0.3, 0.4) is 0 Å². The quantitative estimate of drug-likeness (QED) is 0.915. The van der Waals surface area contributed by atoms with Gasteiger partial charge in [0.2, 0.25) is 5.91 Å². The lowest BCUT2D eigenvalue weighted by Crippen LogP contribution is -2.55. The van der Waals surface area contributed by atoms with Crippen LogP contribution < -0.4 is 10.2 Å². The number of carbonyl (C=O) groups excluding carboxylic acids is 1. The minimum atomic E-state index is -0.315. The van der Waals surface area contributed by atoms with Crippen molar-refractivity contribution in [3.63, 3.8) is 0 Å². The third kappa shape index (κ3) is 3.67. The van der Waals surface area contributed by atoms with Crippen LogP contribution in [-0.2, 0) is 9.53 Å². The maximum atomic E-state index is 12.2. The largest absolute Gasteiger partial charge is 0.377 e. The summed E-state index contributed by atoms with van der Waals surface area (Å²) in [5.41, 5.74) is 0. The van der Waals surface area contributed by atoms with Gasteiger partial charge in [-0.05, 0) is 41.9 Å². The average molecular weight is 328 g/mol. The third-order valence-corrected chi connectivity index (χ3v) is 3.34. The van der Waals surface area contributed by atoms with E-state index >= 15 is 0 Å². The van der Waals surface area contributed by atoms with Gasteiger partial charge in [-0.1, -0.05) is 0 Å². The summed E-state index contributed by atoms with van der Waals surface area (Å²) in [7, 11) is 0. The molecule has 2 heterocycles. The number of nitrogens with zero attached hydrogens (tertiary/aromatic N) is 2. The summed E-state index contributed by atoms with van der Waals surface area (Å²) >= 11 is 3.36. The lowest BCUT2D eigenvalue weighted by molar-refractivity contribution is -0.125. The van der Waals surface area contributed by atoms with Gasteiger partial charge >= 0.3 is 0 Å². The second-order valence-corrected chi connectivity index (χ2v) is 5.70. The Bertz CT molecular complexity index is 436. The van der Waals surface area contributed by atoms with E-state index < -0.39 is 0 Å². The monoisotopic (exact) mass is 327 g/mol. The number of morpholine rings is 1. The molecule has 0 radical (unpaired) electrons. The van der Waals surface area contributed by atoms with E-state index in [0.29, 0.717) is 19.8 Å². The van der Waals surface area contributed by atoms with Gasteiger partial charge in [0, 0.05) is 23.3 Å². The number of amides is 1. The number of hydrogen-bond donors (Lipinski definition) is 1. The number of pyridine rings is 1. The van der Waals surface area contributed by atoms with Gasteiger partial charge in [0.25, 0.3) is 0 Å². The van der Waals surface area contributed by atoms with Crippen molar-refractivity contribution >= 4 is 27.7 Å². The van der Waals surface area contributed by atoms with Crippen LogP contribution in [0.25, 0.3) is 0 Å². The fourth-order valence-electron chi connectivity index (χ4n) is 2.01. The summed E-state index contributed by atoms with van der Waals surface area (Å²) in [5.74, 6) is 0.787. The second-order valence-electron chi connectivity index (χ2n) is 4.78. The fourth-order valence-corrected chi connectivity index (χ4v) is 2.25. The molecule has 1 saturated heterocycles. The van der Waals surface area contributed by atoms with Crippen molar-refractivity contribution in [2.75, 3.05) is 24.7 Å². The van der Waals surface area contributed by atoms with Gasteiger partial charge < -0.3 is 15.0 Å². The standard InChI is InChI=1S/C13H18BrN3O2/c1-9(2)16-13(18)11-8-19-6-5-17(11)12-4-3-10(14)7-15-12/h3-4,7,9,11H,5-6,8H2,1-2H3,(H,16,18). The number of hydrogen-bond acceptors (Lipinski definition) is 4. The molecule has 1 aliphatic rings. The Morgan fingerprint density at radius 1 is 1.58 bits per heavy atom. The summed E-state index contributed by atoms with van der Waals surface area (Å²) in [5, 5.41) is 2.93. The Labute approximate surface area is 121 Å². The molecule has 0 bridgehead atoms. The molecule has 104 valence electrons. The fraction of sp³-hybridized carbons (Fsp3) is 0.538. The lowest BCUT2D eigenvalue weighted by Gasteiger charge is -2.35. The van der Waals surface area contributed by atoms with Crippen molar-refractivity contribution in [1.29, 1.82) is 0 Å². The average Bonchev–Trinajstić information content (AvgIpc) is 2.39. The summed E-state index contributed by atoms with van der Waals surface area (Å²) in [6.07, 6.45) is 1.74. The van der Waals surface area contributed by atoms with Crippen molar-refractivity contribution in [1.82, 2.24) is 10.3 Å². The van der Waals surface area contributed by atoms with Crippen LogP contribution in [0.1, 0.15) is 13.8 Å². The van der Waals surface area contributed by atoms with Crippen molar-refractivity contribution in [3.05, 3.63) is 22.8 Å². The molecule has 1 N–H and O–H groups in total. The highest BCUT2D eigenvalue weighted by Crippen LogP contribution is 2.19. The van der Waals surface area contributed by atoms with Gasteiger partial charge in [-0.2, -0.15) is 0 Å². The Morgan fingerprint density at radius 2 is 2.37 bits per heavy atom. The van der Waals surface area contributed by atoms with E-state index in [-0.39, 0.29) is 18.0 Å². The summed E-state index contributed by atoms with van der Waals surface area (Å²) in [4.78, 5) is 18.5. The number of carbonyl (C=O) groups is 1. The van der Waals surface area contributed by atoms with E-state index in [4.69, 9.17) is 4.74 Å². The number of rotatable bonds is 3. The molecule has 1 aromatic rings. The molecule has 1 aliphatic heterocycles. The number of anilines is 1. The zero-order valence-corrected chi connectivity index (χ0v) is 12.7. The minimum absolute atomic E-state index is 0.0144. The maximum Gasteiger partial charge on any atom is 0.245 e. The summed E-state index contributed by atoms with van der Waals surface area (Å²) < 4.78 is 6.34. The van der Waals surface area contributed by atoms with Gasteiger partial charge in [-0.15, -0.1) is 0 Å². The molecule has 1 unspecified atom stereocenters. The molecule has 1 aromatic heterocycles. The Morgan fingerprint density at radius 3 is 3.00 bits per heavy atom. The molecular weight excluding hydrogens is 310 g/mol. The van der Waals surface area contributed by atoms with Crippen LogP contribution in [0, 0.1) is 0 Å². The number of aromatic nitrogens is 1. The third-order valence-electron chi connectivity index (χ3n) is 2.87. The van der Waals surface area contributed by atoms with E-state index in [1.807, 2.05) is 30.9 Å². The molecule has 2 rings (SSSR count). The Balaban J connectivity index is 2.15. The highest BCUT2D eigenvalue weighted by atomic mass is 79.9. The van der Waals surface area contributed by atoms with E-state index in [2.05, 4.69) is 26.2 Å². The normalized spacial score (nSPS) is 19.6. The highest BCUT2D eigenvalue weighted by Gasteiger charge is 2.30. The van der Waals surface area contributed by atoms with E-state index in [9.17, 15) is 4.79 Å². The van der Waals surface area contributed by atoms with Crippen molar-refractivity contribution in [2.45, 2.75) is 25.9 Å². The smallest absolute Gasteiger partial charge is 0.245 e. The highest BCUT2D eigenvalue weighted by molar-refractivity contribution is 9.10. The minimum Gasteiger partial charge on any atom is -0.377 e.